The third-order valence-corrected chi connectivity index (χ3v) is 6.78. The molecule has 34 heavy (non-hydrogen) atoms. The van der Waals surface area contributed by atoms with Crippen molar-refractivity contribution in [1.82, 2.24) is 10.2 Å². The average Bonchev–Trinajstić information content (AvgIpc) is 2.82. The number of nitrogens with one attached hydrogen (secondary N) is 1. The Morgan fingerprint density at radius 2 is 1.62 bits per heavy atom. The van der Waals surface area contributed by atoms with Crippen molar-refractivity contribution in [1.29, 1.82) is 0 Å². The average molecular weight is 512 g/mol. The lowest BCUT2D eigenvalue weighted by molar-refractivity contribution is 0.175. The van der Waals surface area contributed by atoms with Crippen molar-refractivity contribution in [3.8, 4) is 11.5 Å². The molecular weight excluding hydrogens is 467 g/mol. The fourth-order valence-corrected chi connectivity index (χ4v) is 4.98. The standard InChI is InChI=1S/C28H42N2O2.2ClH/c1-2-20-30(25-15-16-26-24(22-25)14-17-27(31)28(26)32)21-9-4-3-8-18-29-19-10-13-23-11-6-5-7-12-23;;/h5-7,11-12,14,17,25,29,31-32H,2-4,8-10,13,15-16,18-22H2,1H3;2*1H/t25-;;/m0../s1. The minimum absolute atomic E-state index is 0. The molecule has 1 atom stereocenters. The van der Waals surface area contributed by atoms with Crippen LogP contribution in [0.5, 0.6) is 11.5 Å². The van der Waals surface area contributed by atoms with Crippen LogP contribution in [-0.2, 0) is 19.3 Å². The minimum Gasteiger partial charge on any atom is -0.504 e. The van der Waals surface area contributed by atoms with E-state index in [1.165, 1.54) is 56.2 Å². The highest BCUT2D eigenvalue weighted by Crippen LogP contribution is 2.36. The van der Waals surface area contributed by atoms with E-state index in [9.17, 15) is 10.2 Å². The maximum Gasteiger partial charge on any atom is 0.160 e. The van der Waals surface area contributed by atoms with Crippen LogP contribution in [0.4, 0.5) is 0 Å². The van der Waals surface area contributed by atoms with E-state index in [0.29, 0.717) is 6.04 Å². The van der Waals surface area contributed by atoms with Gasteiger partial charge in [-0.3, -0.25) is 0 Å². The van der Waals surface area contributed by atoms with E-state index >= 15 is 0 Å². The summed E-state index contributed by atoms with van der Waals surface area (Å²) in [6, 6.07) is 14.9. The van der Waals surface area contributed by atoms with Crippen LogP contribution in [0.25, 0.3) is 0 Å². The van der Waals surface area contributed by atoms with Gasteiger partial charge in [-0.15, -0.1) is 24.8 Å². The Balaban J connectivity index is 0.00000289. The van der Waals surface area contributed by atoms with E-state index in [0.717, 1.165) is 50.9 Å². The van der Waals surface area contributed by atoms with E-state index in [1.807, 2.05) is 6.07 Å². The van der Waals surface area contributed by atoms with E-state index in [-0.39, 0.29) is 36.3 Å². The van der Waals surface area contributed by atoms with E-state index < -0.39 is 0 Å². The van der Waals surface area contributed by atoms with Gasteiger partial charge < -0.3 is 20.4 Å². The van der Waals surface area contributed by atoms with Crippen LogP contribution in [0.2, 0.25) is 0 Å². The highest BCUT2D eigenvalue weighted by molar-refractivity contribution is 5.85. The molecule has 4 nitrogen and oxygen atoms in total. The Morgan fingerprint density at radius 3 is 2.38 bits per heavy atom. The van der Waals surface area contributed by atoms with Crippen molar-refractivity contribution >= 4 is 24.8 Å². The number of phenols is 2. The van der Waals surface area contributed by atoms with Crippen molar-refractivity contribution in [3.63, 3.8) is 0 Å². The third-order valence-electron chi connectivity index (χ3n) is 6.78. The van der Waals surface area contributed by atoms with Gasteiger partial charge in [-0.2, -0.15) is 0 Å². The molecule has 6 heteroatoms. The Labute approximate surface area is 219 Å². The molecule has 2 aromatic carbocycles. The molecular formula is C28H44Cl2N2O2. The van der Waals surface area contributed by atoms with Crippen molar-refractivity contribution in [3.05, 3.63) is 59.2 Å². The maximum absolute atomic E-state index is 10.1. The quantitative estimate of drug-likeness (QED) is 0.206. The number of unbranched alkanes of at least 4 members (excludes halogenated alkanes) is 3. The summed E-state index contributed by atoms with van der Waals surface area (Å²) in [5.74, 6) is 0.106. The summed E-state index contributed by atoms with van der Waals surface area (Å²) in [5, 5.41) is 23.5. The topological polar surface area (TPSA) is 55.7 Å². The number of hydrogen-bond donors (Lipinski definition) is 3. The fourth-order valence-electron chi connectivity index (χ4n) is 4.98. The Morgan fingerprint density at radius 1 is 0.882 bits per heavy atom. The number of aryl methyl sites for hydroxylation is 1. The van der Waals surface area contributed by atoms with Gasteiger partial charge in [0.25, 0.3) is 0 Å². The summed E-state index contributed by atoms with van der Waals surface area (Å²) in [7, 11) is 0. The van der Waals surface area contributed by atoms with Crippen LogP contribution < -0.4 is 5.32 Å². The zero-order valence-corrected chi connectivity index (χ0v) is 22.3. The van der Waals surface area contributed by atoms with Gasteiger partial charge in [-0.05, 0) is 94.7 Å². The maximum atomic E-state index is 10.1. The molecule has 0 radical (unpaired) electrons. The Bertz CT molecular complexity index is 804. The smallest absolute Gasteiger partial charge is 0.160 e. The van der Waals surface area contributed by atoms with Crippen molar-refractivity contribution in [2.45, 2.75) is 77.2 Å². The molecule has 0 amide bonds. The first kappa shape index (κ1) is 30.6. The SMILES string of the molecule is CCCN(CCCCCCNCCCc1ccccc1)[C@H]1CCc2c(ccc(O)c2O)C1.Cl.Cl. The second-order valence-electron chi connectivity index (χ2n) is 9.26. The molecule has 192 valence electrons. The van der Waals surface area contributed by atoms with Crippen LogP contribution >= 0.6 is 24.8 Å². The van der Waals surface area contributed by atoms with Gasteiger partial charge >= 0.3 is 0 Å². The van der Waals surface area contributed by atoms with Crippen molar-refractivity contribution < 1.29 is 10.2 Å². The van der Waals surface area contributed by atoms with E-state index in [1.54, 1.807) is 6.07 Å². The van der Waals surface area contributed by atoms with Crippen molar-refractivity contribution in [2.75, 3.05) is 26.2 Å². The van der Waals surface area contributed by atoms with Crippen LogP contribution in [0.3, 0.4) is 0 Å². The molecule has 0 heterocycles. The lowest BCUT2D eigenvalue weighted by Gasteiger charge is -2.35. The number of fused-ring (bicyclic) bond motifs is 1. The number of benzene rings is 2. The lowest BCUT2D eigenvalue weighted by Crippen LogP contribution is -2.40. The van der Waals surface area contributed by atoms with Gasteiger partial charge in [0.1, 0.15) is 0 Å². The Kier molecular flexibility index (Phi) is 15.3. The number of phenolic OH excluding ortho intramolecular Hbond substituents is 2. The first-order valence-corrected chi connectivity index (χ1v) is 12.7. The summed E-state index contributed by atoms with van der Waals surface area (Å²) in [6.45, 7) is 6.81. The normalized spacial score (nSPS) is 14.8. The first-order valence-electron chi connectivity index (χ1n) is 12.7. The molecule has 0 saturated heterocycles. The van der Waals surface area contributed by atoms with Crippen LogP contribution in [-0.4, -0.2) is 47.3 Å². The molecule has 3 N–H and O–H groups in total. The van der Waals surface area contributed by atoms with Crippen molar-refractivity contribution in [2.24, 2.45) is 0 Å². The van der Waals surface area contributed by atoms with Crippen LogP contribution in [0, 0.1) is 0 Å². The fraction of sp³-hybridized carbons (Fsp3) is 0.571. The molecule has 3 rings (SSSR count). The third kappa shape index (κ3) is 9.65. The summed E-state index contributed by atoms with van der Waals surface area (Å²) in [4.78, 5) is 2.66. The van der Waals surface area contributed by atoms with Gasteiger partial charge in [0, 0.05) is 11.6 Å². The van der Waals surface area contributed by atoms with Gasteiger partial charge in [0.2, 0.25) is 0 Å². The summed E-state index contributed by atoms with van der Waals surface area (Å²) in [6.07, 6.45) is 11.6. The summed E-state index contributed by atoms with van der Waals surface area (Å²) < 4.78 is 0. The summed E-state index contributed by atoms with van der Waals surface area (Å²) >= 11 is 0. The van der Waals surface area contributed by atoms with Crippen LogP contribution in [0.1, 0.15) is 68.6 Å². The first-order chi connectivity index (χ1) is 15.7. The van der Waals surface area contributed by atoms with Gasteiger partial charge in [0.05, 0.1) is 0 Å². The predicted molar refractivity (Wildman–Crippen MR) is 148 cm³/mol. The molecule has 0 spiro atoms. The molecule has 0 fully saturated rings. The van der Waals surface area contributed by atoms with E-state index in [2.05, 4.69) is 47.5 Å². The number of hydrogen-bond acceptors (Lipinski definition) is 4. The van der Waals surface area contributed by atoms with Gasteiger partial charge in [-0.25, -0.2) is 0 Å². The number of nitrogens with zero attached hydrogens (tertiary/aromatic N) is 1. The highest BCUT2D eigenvalue weighted by Gasteiger charge is 2.26. The zero-order valence-electron chi connectivity index (χ0n) is 20.7. The monoisotopic (exact) mass is 510 g/mol. The molecule has 0 unspecified atom stereocenters. The lowest BCUT2D eigenvalue weighted by atomic mass is 9.86. The minimum atomic E-state index is 0. The van der Waals surface area contributed by atoms with Gasteiger partial charge in [-0.1, -0.05) is 56.2 Å². The largest absolute Gasteiger partial charge is 0.504 e. The van der Waals surface area contributed by atoms with E-state index in [4.69, 9.17) is 0 Å². The second-order valence-corrected chi connectivity index (χ2v) is 9.26. The van der Waals surface area contributed by atoms with Crippen LogP contribution in [0.15, 0.2) is 42.5 Å². The molecule has 1 aliphatic rings. The summed E-state index contributed by atoms with van der Waals surface area (Å²) in [5.41, 5.74) is 3.59. The molecule has 2 aromatic rings. The predicted octanol–water partition coefficient (Wildman–Crippen LogP) is 6.29. The second kappa shape index (κ2) is 17.0. The zero-order chi connectivity index (χ0) is 22.6. The molecule has 0 saturated carbocycles. The number of halogens is 2. The van der Waals surface area contributed by atoms with Gasteiger partial charge in [0.15, 0.2) is 11.5 Å². The Hall–Kier alpha value is -1.46. The molecule has 0 bridgehead atoms. The molecule has 1 aliphatic carbocycles. The number of aromatic hydroxyl groups is 2. The highest BCUT2D eigenvalue weighted by atomic mass is 35.5. The number of rotatable bonds is 14. The molecule has 0 aromatic heterocycles. The molecule has 0 aliphatic heterocycles.